The summed E-state index contributed by atoms with van der Waals surface area (Å²) in [4.78, 5) is 4.16. The van der Waals surface area contributed by atoms with Crippen molar-refractivity contribution in [3.05, 3.63) is 17.8 Å². The maximum atomic E-state index is 9.98. The zero-order chi connectivity index (χ0) is 14.0. The third kappa shape index (κ3) is 3.46. The monoisotopic (exact) mass is 250 g/mol. The summed E-state index contributed by atoms with van der Waals surface area (Å²) in [6.07, 6.45) is 1.67. The number of hydrogen-bond acceptors (Lipinski definition) is 4. The highest BCUT2D eigenvalue weighted by Crippen LogP contribution is 2.24. The number of aromatic nitrogens is 1. The second-order valence-electron chi connectivity index (χ2n) is 5.40. The minimum Gasteiger partial charge on any atom is -0.481 e. The Morgan fingerprint density at radius 1 is 1.28 bits per heavy atom. The summed E-state index contributed by atoms with van der Waals surface area (Å²) in [6, 6.07) is 1.92. The maximum Gasteiger partial charge on any atom is 0.332 e. The minimum absolute atomic E-state index is 0.605. The average molecular weight is 250 g/mol. The van der Waals surface area contributed by atoms with Gasteiger partial charge in [-0.3, -0.25) is 0 Å². The van der Waals surface area contributed by atoms with Gasteiger partial charge in [-0.15, -0.1) is 0 Å². The van der Waals surface area contributed by atoms with Crippen molar-refractivity contribution in [2.45, 2.75) is 45.8 Å². The van der Waals surface area contributed by atoms with Crippen molar-refractivity contribution < 1.29 is 14.5 Å². The summed E-state index contributed by atoms with van der Waals surface area (Å²) in [7, 11) is 3.20. The lowest BCUT2D eigenvalue weighted by Crippen LogP contribution is -2.49. The van der Waals surface area contributed by atoms with Crippen LogP contribution in [-0.2, 0) is 4.65 Å². The summed E-state index contributed by atoms with van der Waals surface area (Å²) in [6.45, 7) is 9.04. The summed E-state index contributed by atoms with van der Waals surface area (Å²) in [5.74, 6) is 0.605. The number of hydrogen-bond donors (Lipinski definition) is 1. The van der Waals surface area contributed by atoms with Gasteiger partial charge in [0, 0.05) is 11.8 Å². The van der Waals surface area contributed by atoms with Crippen molar-refractivity contribution in [3.8, 4) is 5.88 Å². The van der Waals surface area contributed by atoms with E-state index in [1.807, 2.05) is 26.8 Å². The zero-order valence-electron chi connectivity index (χ0n) is 11.9. The van der Waals surface area contributed by atoms with Crippen LogP contribution in [0, 0.1) is 6.92 Å². The van der Waals surface area contributed by atoms with E-state index in [1.54, 1.807) is 34.6 Å². The Kier molecular flexibility index (Phi) is 4.40. The van der Waals surface area contributed by atoms with E-state index in [0.29, 0.717) is 5.88 Å². The molecule has 1 heterocycles. The fourth-order valence-electron chi connectivity index (χ4n) is 1.22. The first kappa shape index (κ1) is 15.0. The number of aryl methyl sites for hydroxylation is 1. The van der Waals surface area contributed by atoms with E-state index in [-0.39, 0.29) is 0 Å². The summed E-state index contributed by atoms with van der Waals surface area (Å²) in [5, 5.41) is 9.98. The van der Waals surface area contributed by atoms with Gasteiger partial charge in [0.25, 0.3) is 0 Å². The topological polar surface area (TPSA) is 51.6 Å². The molecule has 0 aliphatic heterocycles. The largest absolute Gasteiger partial charge is 0.481 e. The van der Waals surface area contributed by atoms with E-state index in [0.717, 1.165) is 11.0 Å². The maximum absolute atomic E-state index is 9.98. The van der Waals surface area contributed by atoms with Gasteiger partial charge in [0.1, 0.15) is 0 Å². The predicted molar refractivity (Wildman–Crippen MR) is 72.4 cm³/mol. The van der Waals surface area contributed by atoms with E-state index in [4.69, 9.17) is 9.39 Å². The van der Waals surface area contributed by atoms with Crippen LogP contribution in [-0.4, -0.2) is 35.9 Å². The Morgan fingerprint density at radius 2 is 1.89 bits per heavy atom. The van der Waals surface area contributed by atoms with Gasteiger partial charge in [0.15, 0.2) is 0 Å². The van der Waals surface area contributed by atoms with Gasteiger partial charge in [-0.05, 0) is 40.1 Å². The van der Waals surface area contributed by atoms with Crippen LogP contribution in [0.3, 0.4) is 0 Å². The molecule has 0 bridgehead atoms. The average Bonchev–Trinajstić information content (AvgIpc) is 2.25. The van der Waals surface area contributed by atoms with Gasteiger partial charge in [-0.1, -0.05) is 6.07 Å². The Balaban J connectivity index is 2.73. The fraction of sp³-hybridized carbons (Fsp3) is 0.615. The number of rotatable bonds is 5. The summed E-state index contributed by atoms with van der Waals surface area (Å²) in [5.41, 5.74) is 0.167. The summed E-state index contributed by atoms with van der Waals surface area (Å²) < 4.78 is 10.7. The van der Waals surface area contributed by atoms with Gasteiger partial charge in [-0.2, -0.15) is 0 Å². The molecule has 5 heteroatoms. The normalized spacial score (nSPS) is 12.4. The molecule has 0 aliphatic carbocycles. The molecule has 99 valence electrons. The van der Waals surface area contributed by atoms with Crippen LogP contribution in [0.25, 0.3) is 0 Å². The lowest BCUT2D eigenvalue weighted by atomic mass is 9.83. The molecule has 1 aromatic heterocycles. The number of pyridine rings is 1. The van der Waals surface area contributed by atoms with Crippen LogP contribution >= 0.6 is 0 Å². The van der Waals surface area contributed by atoms with Crippen molar-refractivity contribution in [3.63, 3.8) is 0 Å². The SMILES string of the molecule is COc1ncc([B]OC(C)(C)C(C)(C)O)cc1C. The van der Waals surface area contributed by atoms with Gasteiger partial charge in [0.05, 0.1) is 18.3 Å². The molecule has 0 atom stereocenters. The number of aliphatic hydroxyl groups is 1. The van der Waals surface area contributed by atoms with Crippen molar-refractivity contribution in [2.75, 3.05) is 7.11 Å². The number of nitrogens with zero attached hydrogens (tertiary/aromatic N) is 1. The second-order valence-corrected chi connectivity index (χ2v) is 5.40. The van der Waals surface area contributed by atoms with Crippen molar-refractivity contribution in [1.82, 2.24) is 4.98 Å². The van der Waals surface area contributed by atoms with Crippen molar-refractivity contribution in [1.29, 1.82) is 0 Å². The Bertz CT molecular complexity index is 413. The molecule has 0 spiro atoms. The van der Waals surface area contributed by atoms with Gasteiger partial charge >= 0.3 is 7.48 Å². The molecule has 0 aromatic carbocycles. The Labute approximate surface area is 110 Å². The van der Waals surface area contributed by atoms with Crippen LogP contribution in [0.2, 0.25) is 0 Å². The van der Waals surface area contributed by atoms with Crippen LogP contribution in [0.1, 0.15) is 33.3 Å². The number of ether oxygens (including phenoxy) is 1. The van der Waals surface area contributed by atoms with Crippen LogP contribution in [0.5, 0.6) is 5.88 Å². The van der Waals surface area contributed by atoms with Crippen molar-refractivity contribution >= 4 is 12.9 Å². The number of methoxy groups -OCH3 is 1. The van der Waals surface area contributed by atoms with E-state index < -0.39 is 11.2 Å². The Morgan fingerprint density at radius 3 is 2.33 bits per heavy atom. The highest BCUT2D eigenvalue weighted by atomic mass is 16.5. The minimum atomic E-state index is -0.932. The molecular formula is C13H21BNO3. The first-order chi connectivity index (χ1) is 8.17. The molecule has 0 saturated carbocycles. The molecule has 0 amide bonds. The zero-order valence-corrected chi connectivity index (χ0v) is 11.9. The smallest absolute Gasteiger partial charge is 0.332 e. The van der Waals surface area contributed by atoms with E-state index in [2.05, 4.69) is 4.98 Å². The quantitative estimate of drug-likeness (QED) is 0.798. The van der Waals surface area contributed by atoms with Crippen LogP contribution in [0.15, 0.2) is 12.3 Å². The molecule has 1 N–H and O–H groups in total. The molecule has 18 heavy (non-hydrogen) atoms. The molecule has 1 rings (SSSR count). The summed E-state index contributed by atoms with van der Waals surface area (Å²) >= 11 is 0. The van der Waals surface area contributed by atoms with Gasteiger partial charge < -0.3 is 14.5 Å². The molecule has 0 unspecified atom stereocenters. The first-order valence-electron chi connectivity index (χ1n) is 5.91. The van der Waals surface area contributed by atoms with E-state index in [9.17, 15) is 5.11 Å². The van der Waals surface area contributed by atoms with Gasteiger partial charge in [0.2, 0.25) is 5.88 Å². The van der Waals surface area contributed by atoms with E-state index in [1.165, 1.54) is 0 Å². The van der Waals surface area contributed by atoms with Crippen LogP contribution in [0.4, 0.5) is 0 Å². The standard InChI is InChI=1S/C13H21BNO3/c1-9-7-10(8-15-11(9)17-6)14-18-13(4,5)12(2,3)16/h7-8,16H,1-6H3. The first-order valence-corrected chi connectivity index (χ1v) is 5.91. The highest BCUT2D eigenvalue weighted by Gasteiger charge is 2.35. The third-order valence-electron chi connectivity index (χ3n) is 3.21. The Hall–Kier alpha value is -1.07. The highest BCUT2D eigenvalue weighted by molar-refractivity contribution is 6.46. The molecule has 0 fully saturated rings. The lowest BCUT2D eigenvalue weighted by molar-refractivity contribution is -0.0893. The van der Waals surface area contributed by atoms with Crippen molar-refractivity contribution in [2.24, 2.45) is 0 Å². The third-order valence-corrected chi connectivity index (χ3v) is 3.21. The molecule has 0 saturated heterocycles. The second kappa shape index (κ2) is 5.28. The molecule has 1 radical (unpaired) electrons. The fourth-order valence-corrected chi connectivity index (χ4v) is 1.22. The molecule has 0 aliphatic rings. The molecule has 1 aromatic rings. The lowest BCUT2D eigenvalue weighted by Gasteiger charge is -2.37. The van der Waals surface area contributed by atoms with E-state index >= 15 is 0 Å². The van der Waals surface area contributed by atoms with Gasteiger partial charge in [-0.25, -0.2) is 4.98 Å². The molecule has 4 nitrogen and oxygen atoms in total. The van der Waals surface area contributed by atoms with Crippen LogP contribution < -0.4 is 10.2 Å². The molecular weight excluding hydrogens is 229 g/mol. The predicted octanol–water partition coefficient (Wildman–Crippen LogP) is 1.21.